The number of carbonyl (C=O) groups excluding carboxylic acids is 1. The molecule has 1 aliphatic carbocycles. The standard InChI is InChI=1S/C14H24N4OS/c1-3-9-16-14-17-12(15)11(20-14)13(19)18(2)10-7-5-4-6-8-10/h10H,3-9,15H2,1-2H3,(H,16,17). The van der Waals surface area contributed by atoms with Crippen LogP contribution in [0.1, 0.15) is 55.1 Å². The van der Waals surface area contributed by atoms with Crippen molar-refractivity contribution in [1.82, 2.24) is 9.88 Å². The Bertz CT molecular complexity index is 454. The molecule has 1 fully saturated rings. The second kappa shape index (κ2) is 6.92. The zero-order valence-corrected chi connectivity index (χ0v) is 13.1. The molecule has 1 amide bonds. The number of anilines is 2. The van der Waals surface area contributed by atoms with Crippen molar-refractivity contribution in [3.63, 3.8) is 0 Å². The van der Waals surface area contributed by atoms with Crippen LogP contribution in [0.4, 0.5) is 10.9 Å². The van der Waals surface area contributed by atoms with Crippen LogP contribution < -0.4 is 11.1 Å². The number of thiazole rings is 1. The molecule has 20 heavy (non-hydrogen) atoms. The third-order valence-electron chi connectivity index (χ3n) is 3.82. The van der Waals surface area contributed by atoms with E-state index in [0.29, 0.717) is 16.7 Å². The number of nitrogen functional groups attached to an aromatic ring is 1. The summed E-state index contributed by atoms with van der Waals surface area (Å²) >= 11 is 1.36. The smallest absolute Gasteiger partial charge is 0.267 e. The van der Waals surface area contributed by atoms with Crippen molar-refractivity contribution >= 4 is 28.2 Å². The maximum absolute atomic E-state index is 12.5. The lowest BCUT2D eigenvalue weighted by molar-refractivity contribution is 0.0702. The van der Waals surface area contributed by atoms with E-state index in [9.17, 15) is 4.79 Å². The number of aromatic nitrogens is 1. The molecule has 0 aromatic carbocycles. The molecule has 1 aromatic heterocycles. The average molecular weight is 296 g/mol. The monoisotopic (exact) mass is 296 g/mol. The van der Waals surface area contributed by atoms with Gasteiger partial charge in [0, 0.05) is 19.6 Å². The van der Waals surface area contributed by atoms with Crippen LogP contribution in [-0.2, 0) is 0 Å². The van der Waals surface area contributed by atoms with E-state index in [4.69, 9.17) is 5.73 Å². The number of nitrogens with one attached hydrogen (secondary N) is 1. The summed E-state index contributed by atoms with van der Waals surface area (Å²) in [6, 6.07) is 0.352. The van der Waals surface area contributed by atoms with E-state index in [1.54, 1.807) is 0 Å². The van der Waals surface area contributed by atoms with Gasteiger partial charge < -0.3 is 16.0 Å². The quantitative estimate of drug-likeness (QED) is 0.876. The first-order chi connectivity index (χ1) is 9.63. The Morgan fingerprint density at radius 2 is 2.15 bits per heavy atom. The molecule has 1 aromatic rings. The van der Waals surface area contributed by atoms with Gasteiger partial charge in [-0.3, -0.25) is 4.79 Å². The zero-order chi connectivity index (χ0) is 14.5. The fourth-order valence-corrected chi connectivity index (χ4v) is 3.48. The molecule has 0 unspecified atom stereocenters. The SMILES string of the molecule is CCCNc1nc(N)c(C(=O)N(C)C2CCCCC2)s1. The molecule has 1 aliphatic rings. The van der Waals surface area contributed by atoms with Gasteiger partial charge in [0.05, 0.1) is 0 Å². The Morgan fingerprint density at radius 1 is 1.45 bits per heavy atom. The molecule has 1 saturated carbocycles. The number of amides is 1. The van der Waals surface area contributed by atoms with Crippen LogP contribution in [0.3, 0.4) is 0 Å². The molecular weight excluding hydrogens is 272 g/mol. The molecule has 5 nitrogen and oxygen atoms in total. The van der Waals surface area contributed by atoms with Crippen molar-refractivity contribution < 1.29 is 4.79 Å². The molecule has 2 rings (SSSR count). The predicted octanol–water partition coefficient (Wildman–Crippen LogP) is 2.95. The Balaban J connectivity index is 2.05. The van der Waals surface area contributed by atoms with Crippen LogP contribution in [0.5, 0.6) is 0 Å². The minimum Gasteiger partial charge on any atom is -0.382 e. The van der Waals surface area contributed by atoms with Gasteiger partial charge in [-0.1, -0.05) is 37.5 Å². The molecule has 0 aliphatic heterocycles. The molecule has 0 saturated heterocycles. The van der Waals surface area contributed by atoms with Gasteiger partial charge in [-0.25, -0.2) is 4.98 Å². The van der Waals surface area contributed by atoms with Gasteiger partial charge in [0.15, 0.2) is 5.13 Å². The molecule has 6 heteroatoms. The van der Waals surface area contributed by atoms with Crippen molar-refractivity contribution in [1.29, 1.82) is 0 Å². The topological polar surface area (TPSA) is 71.2 Å². The van der Waals surface area contributed by atoms with Crippen LogP contribution in [-0.4, -0.2) is 35.4 Å². The fourth-order valence-electron chi connectivity index (χ4n) is 2.59. The van der Waals surface area contributed by atoms with Gasteiger partial charge >= 0.3 is 0 Å². The highest BCUT2D eigenvalue weighted by Crippen LogP contribution is 2.29. The summed E-state index contributed by atoms with van der Waals surface area (Å²) in [5, 5.41) is 3.93. The molecule has 1 heterocycles. The van der Waals surface area contributed by atoms with Gasteiger partial charge in [0.2, 0.25) is 0 Å². The number of carbonyl (C=O) groups is 1. The normalized spacial score (nSPS) is 16.1. The highest BCUT2D eigenvalue weighted by Gasteiger charge is 2.26. The molecule has 0 radical (unpaired) electrons. The summed E-state index contributed by atoms with van der Waals surface area (Å²) in [6.45, 7) is 2.94. The number of nitrogens with two attached hydrogens (primary N) is 1. The molecule has 0 spiro atoms. The molecular formula is C14H24N4OS. The number of nitrogens with zero attached hydrogens (tertiary/aromatic N) is 2. The third-order valence-corrected chi connectivity index (χ3v) is 4.83. The van der Waals surface area contributed by atoms with Gasteiger partial charge in [0.25, 0.3) is 5.91 Å². The maximum Gasteiger partial charge on any atom is 0.267 e. The van der Waals surface area contributed by atoms with Crippen LogP contribution in [0, 0.1) is 0 Å². The van der Waals surface area contributed by atoms with Crippen molar-refractivity contribution in [3.05, 3.63) is 4.88 Å². The maximum atomic E-state index is 12.5. The molecule has 0 atom stereocenters. The molecule has 3 N–H and O–H groups in total. The van der Waals surface area contributed by atoms with Crippen LogP contribution in [0.25, 0.3) is 0 Å². The van der Waals surface area contributed by atoms with E-state index in [2.05, 4.69) is 17.2 Å². The van der Waals surface area contributed by atoms with E-state index >= 15 is 0 Å². The largest absolute Gasteiger partial charge is 0.382 e. The highest BCUT2D eigenvalue weighted by atomic mass is 32.1. The van der Waals surface area contributed by atoms with E-state index in [1.807, 2.05) is 11.9 Å². The van der Waals surface area contributed by atoms with Gasteiger partial charge in [0.1, 0.15) is 10.7 Å². The minimum atomic E-state index is 0.0106. The summed E-state index contributed by atoms with van der Waals surface area (Å²) in [7, 11) is 1.89. The van der Waals surface area contributed by atoms with Gasteiger partial charge in [-0.2, -0.15) is 0 Å². The summed E-state index contributed by atoms with van der Waals surface area (Å²) in [6.07, 6.45) is 6.92. The Kier molecular flexibility index (Phi) is 5.23. The van der Waals surface area contributed by atoms with E-state index in [-0.39, 0.29) is 5.91 Å². The average Bonchev–Trinajstić information content (AvgIpc) is 2.85. The third kappa shape index (κ3) is 3.42. The molecule has 112 valence electrons. The Labute approximate surface area is 124 Å². The second-order valence-corrected chi connectivity index (χ2v) is 6.37. The summed E-state index contributed by atoms with van der Waals surface area (Å²) in [5.74, 6) is 0.359. The minimum absolute atomic E-state index is 0.0106. The summed E-state index contributed by atoms with van der Waals surface area (Å²) in [5.41, 5.74) is 5.89. The van der Waals surface area contributed by atoms with Gasteiger partial charge in [-0.15, -0.1) is 0 Å². The van der Waals surface area contributed by atoms with Gasteiger partial charge in [-0.05, 0) is 19.3 Å². The lowest BCUT2D eigenvalue weighted by Gasteiger charge is -2.30. The van der Waals surface area contributed by atoms with Crippen molar-refractivity contribution in [3.8, 4) is 0 Å². The Hall–Kier alpha value is -1.30. The van der Waals surface area contributed by atoms with Crippen molar-refractivity contribution in [2.45, 2.75) is 51.5 Å². The van der Waals surface area contributed by atoms with E-state index in [1.165, 1.54) is 30.6 Å². The first kappa shape index (κ1) is 15.1. The van der Waals surface area contributed by atoms with Crippen molar-refractivity contribution in [2.24, 2.45) is 0 Å². The van der Waals surface area contributed by atoms with Crippen LogP contribution >= 0.6 is 11.3 Å². The predicted molar refractivity (Wildman–Crippen MR) is 84.3 cm³/mol. The van der Waals surface area contributed by atoms with Crippen LogP contribution in [0.15, 0.2) is 0 Å². The Morgan fingerprint density at radius 3 is 2.80 bits per heavy atom. The lowest BCUT2D eigenvalue weighted by Crippen LogP contribution is -2.38. The second-order valence-electron chi connectivity index (χ2n) is 5.37. The number of rotatable bonds is 5. The van der Waals surface area contributed by atoms with Crippen molar-refractivity contribution in [2.75, 3.05) is 24.6 Å². The highest BCUT2D eigenvalue weighted by molar-refractivity contribution is 7.18. The summed E-state index contributed by atoms with van der Waals surface area (Å²) < 4.78 is 0. The van der Waals surface area contributed by atoms with Crippen LogP contribution in [0.2, 0.25) is 0 Å². The lowest BCUT2D eigenvalue weighted by atomic mass is 9.94. The summed E-state index contributed by atoms with van der Waals surface area (Å²) in [4.78, 5) is 19.2. The fraction of sp³-hybridized carbons (Fsp3) is 0.714. The first-order valence-corrected chi connectivity index (χ1v) is 8.22. The number of hydrogen-bond acceptors (Lipinski definition) is 5. The molecule has 0 bridgehead atoms. The first-order valence-electron chi connectivity index (χ1n) is 7.40. The van der Waals surface area contributed by atoms with E-state index in [0.717, 1.165) is 30.9 Å². The number of hydrogen-bond donors (Lipinski definition) is 2. The van der Waals surface area contributed by atoms with E-state index < -0.39 is 0 Å². The zero-order valence-electron chi connectivity index (χ0n) is 12.3.